The Morgan fingerprint density at radius 3 is 2.77 bits per heavy atom. The summed E-state index contributed by atoms with van der Waals surface area (Å²) in [5, 5.41) is 2.60. The van der Waals surface area contributed by atoms with E-state index in [1.165, 1.54) is 4.57 Å². The van der Waals surface area contributed by atoms with Crippen LogP contribution in [0.3, 0.4) is 0 Å². The van der Waals surface area contributed by atoms with Crippen molar-refractivity contribution < 1.29 is 42.3 Å². The fourth-order valence-electron chi connectivity index (χ4n) is 2.48. The summed E-state index contributed by atoms with van der Waals surface area (Å²) in [6.07, 6.45) is 0.532. The molecule has 113 valence electrons. The Hall–Kier alpha value is -1.40. The maximum Gasteiger partial charge on any atom is 0.249 e. The summed E-state index contributed by atoms with van der Waals surface area (Å²) in [5.74, 6) is -0.308. The number of nitrogens with zero attached hydrogens (tertiary/aromatic N) is 2. The number of aryl methyl sites for hydroxylation is 1. The van der Waals surface area contributed by atoms with Gasteiger partial charge < -0.3 is 16.8 Å². The standard InChI is InChI=1S/C14H12N3O3.CH3.Y/c1-8-15-10-5-3-2-4-9(10)14(20)17(8)11-6-7-12(18)16-13(11)19;;/h2-3,5,11H,6-7H2,1H3,(H,16,18,19);1H3;/q2*-1;. The summed E-state index contributed by atoms with van der Waals surface area (Å²) >= 11 is 0. The minimum Gasteiger partial charge on any atom is -0.358 e. The molecule has 2 aromatic rings. The fourth-order valence-corrected chi connectivity index (χ4v) is 2.48. The van der Waals surface area contributed by atoms with E-state index in [0.717, 1.165) is 0 Å². The summed E-state index contributed by atoms with van der Waals surface area (Å²) in [4.78, 5) is 39.9. The van der Waals surface area contributed by atoms with Crippen LogP contribution in [0.1, 0.15) is 24.7 Å². The second-order valence-corrected chi connectivity index (χ2v) is 4.73. The van der Waals surface area contributed by atoms with Crippen LogP contribution < -0.4 is 10.9 Å². The van der Waals surface area contributed by atoms with Crippen LogP contribution >= 0.6 is 0 Å². The van der Waals surface area contributed by atoms with Gasteiger partial charge in [-0.3, -0.25) is 19.9 Å². The number of piperidine rings is 1. The molecule has 1 saturated heterocycles. The Morgan fingerprint density at radius 2 is 2.09 bits per heavy atom. The molecule has 3 rings (SSSR count). The van der Waals surface area contributed by atoms with Gasteiger partial charge >= 0.3 is 0 Å². The van der Waals surface area contributed by atoms with Crippen molar-refractivity contribution in [2.75, 3.05) is 0 Å². The van der Waals surface area contributed by atoms with Crippen LogP contribution in [0.4, 0.5) is 0 Å². The van der Waals surface area contributed by atoms with Crippen molar-refractivity contribution in [3.63, 3.8) is 0 Å². The minimum atomic E-state index is -0.689. The van der Waals surface area contributed by atoms with Crippen molar-refractivity contribution in [2.45, 2.75) is 25.8 Å². The molecular weight excluding hydrogens is 359 g/mol. The minimum absolute atomic E-state index is 0. The zero-order valence-corrected chi connectivity index (χ0v) is 15.3. The van der Waals surface area contributed by atoms with Crippen molar-refractivity contribution >= 4 is 22.7 Å². The maximum absolute atomic E-state index is 12.5. The Bertz CT molecular complexity index is 785. The first kappa shape index (κ1) is 18.7. The van der Waals surface area contributed by atoms with E-state index < -0.39 is 11.9 Å². The number of rotatable bonds is 1. The van der Waals surface area contributed by atoms with Gasteiger partial charge in [0.15, 0.2) is 5.56 Å². The molecule has 22 heavy (non-hydrogen) atoms. The maximum atomic E-state index is 12.5. The summed E-state index contributed by atoms with van der Waals surface area (Å²) in [6.45, 7) is 1.68. The molecule has 1 aliphatic heterocycles. The average molecular weight is 374 g/mol. The molecule has 1 aromatic carbocycles. The van der Waals surface area contributed by atoms with E-state index in [0.29, 0.717) is 23.1 Å². The summed E-state index contributed by atoms with van der Waals surface area (Å²) in [6, 6.07) is 7.29. The van der Waals surface area contributed by atoms with Crippen LogP contribution in [-0.2, 0) is 42.3 Å². The molecule has 2 amide bonds. The second kappa shape index (κ2) is 7.24. The number of benzene rings is 1. The Labute approximate surface area is 153 Å². The van der Waals surface area contributed by atoms with Crippen LogP contribution in [0.25, 0.3) is 10.9 Å². The van der Waals surface area contributed by atoms with Gasteiger partial charge in [-0.05, 0) is 18.9 Å². The van der Waals surface area contributed by atoms with E-state index in [1.54, 1.807) is 25.1 Å². The van der Waals surface area contributed by atoms with Gasteiger partial charge in [-0.2, -0.15) is 0 Å². The van der Waals surface area contributed by atoms with Gasteiger partial charge in [-0.15, -0.1) is 24.3 Å². The third-order valence-electron chi connectivity index (χ3n) is 3.42. The predicted octanol–water partition coefficient (Wildman–Crippen LogP) is 0.931. The smallest absolute Gasteiger partial charge is 0.249 e. The van der Waals surface area contributed by atoms with Gasteiger partial charge in [-0.1, -0.05) is 5.39 Å². The SMILES string of the molecule is Cc1nc2ccc[c-]c2c(=O)n1C1CCC(=O)NC1=O.[CH3-].[Y]. The van der Waals surface area contributed by atoms with E-state index in [9.17, 15) is 14.4 Å². The number of nitrogens with one attached hydrogen (secondary N) is 1. The quantitative estimate of drug-likeness (QED) is 0.595. The molecule has 6 nitrogen and oxygen atoms in total. The number of hydrogen-bond donors (Lipinski definition) is 1. The second-order valence-electron chi connectivity index (χ2n) is 4.73. The summed E-state index contributed by atoms with van der Waals surface area (Å²) in [7, 11) is 0. The van der Waals surface area contributed by atoms with Crippen molar-refractivity contribution in [1.82, 2.24) is 14.9 Å². The molecule has 1 N–H and O–H groups in total. The van der Waals surface area contributed by atoms with Crippen molar-refractivity contribution in [3.05, 3.63) is 47.9 Å². The number of hydrogen-bond acceptors (Lipinski definition) is 4. The number of carbonyl (C=O) groups excluding carboxylic acids is 2. The predicted molar refractivity (Wildman–Crippen MR) is 77.4 cm³/mol. The molecule has 1 fully saturated rings. The van der Waals surface area contributed by atoms with Gasteiger partial charge in [0.2, 0.25) is 11.8 Å². The molecule has 7 heteroatoms. The van der Waals surface area contributed by atoms with Crippen LogP contribution in [0.5, 0.6) is 0 Å². The van der Waals surface area contributed by atoms with Crippen LogP contribution in [0.15, 0.2) is 23.0 Å². The van der Waals surface area contributed by atoms with E-state index in [2.05, 4.69) is 16.4 Å². The monoisotopic (exact) mass is 374 g/mol. The zero-order chi connectivity index (χ0) is 14.3. The number of aromatic nitrogens is 2. The molecule has 1 aromatic heterocycles. The Balaban J connectivity index is 0.00000121. The molecule has 0 spiro atoms. The van der Waals surface area contributed by atoms with Crippen molar-refractivity contribution in [2.24, 2.45) is 0 Å². The van der Waals surface area contributed by atoms with Crippen LogP contribution in [-0.4, -0.2) is 21.4 Å². The molecular formula is C15H15N3O3Y-2. The zero-order valence-electron chi connectivity index (χ0n) is 12.4. The first-order chi connectivity index (χ1) is 9.58. The number of carbonyl (C=O) groups is 2. The Morgan fingerprint density at radius 1 is 1.36 bits per heavy atom. The van der Waals surface area contributed by atoms with Crippen LogP contribution in [0, 0.1) is 20.4 Å². The Kier molecular flexibility index (Phi) is 6.14. The molecule has 1 aliphatic rings. The van der Waals surface area contributed by atoms with Gasteiger partial charge in [0.1, 0.15) is 6.04 Å². The molecule has 0 saturated carbocycles. The van der Waals surface area contributed by atoms with Crippen molar-refractivity contribution in [1.29, 1.82) is 0 Å². The van der Waals surface area contributed by atoms with Gasteiger partial charge in [0.05, 0.1) is 5.82 Å². The van der Waals surface area contributed by atoms with Crippen molar-refractivity contribution in [3.8, 4) is 0 Å². The summed E-state index contributed by atoms with van der Waals surface area (Å²) < 4.78 is 1.35. The third-order valence-corrected chi connectivity index (χ3v) is 3.42. The molecule has 1 radical (unpaired) electrons. The molecule has 1 atom stereocenters. The third kappa shape index (κ3) is 3.18. The normalized spacial score (nSPS) is 17.4. The topological polar surface area (TPSA) is 81.1 Å². The van der Waals surface area contributed by atoms with Gasteiger partial charge in [0, 0.05) is 39.1 Å². The van der Waals surface area contributed by atoms with Gasteiger partial charge in [-0.25, -0.2) is 0 Å². The first-order valence-electron chi connectivity index (χ1n) is 6.31. The number of fused-ring (bicyclic) bond motifs is 1. The van der Waals surface area contributed by atoms with E-state index in [-0.39, 0.29) is 58.0 Å². The van der Waals surface area contributed by atoms with Gasteiger partial charge in [0.25, 0.3) is 0 Å². The fraction of sp³-hybridized carbons (Fsp3) is 0.267. The molecule has 1 unspecified atom stereocenters. The first-order valence-corrected chi connectivity index (χ1v) is 6.31. The average Bonchev–Trinajstić information content (AvgIpc) is 2.41. The largest absolute Gasteiger partial charge is 0.358 e. The number of amides is 2. The molecule has 0 aliphatic carbocycles. The van der Waals surface area contributed by atoms with E-state index in [1.807, 2.05) is 0 Å². The van der Waals surface area contributed by atoms with E-state index >= 15 is 0 Å². The molecule has 2 heterocycles. The number of imide groups is 1. The summed E-state index contributed by atoms with van der Waals surface area (Å²) in [5.41, 5.74) is 0.251. The van der Waals surface area contributed by atoms with Crippen LogP contribution in [0.2, 0.25) is 0 Å². The van der Waals surface area contributed by atoms with E-state index in [4.69, 9.17) is 0 Å². The molecule has 0 bridgehead atoms.